The summed E-state index contributed by atoms with van der Waals surface area (Å²) in [6.07, 6.45) is -0.410. The van der Waals surface area contributed by atoms with Crippen molar-refractivity contribution in [3.8, 4) is 0 Å². The van der Waals surface area contributed by atoms with Crippen LogP contribution in [0.25, 0.3) is 0 Å². The van der Waals surface area contributed by atoms with Crippen molar-refractivity contribution in [1.82, 2.24) is 5.32 Å². The Balaban J connectivity index is 2.41. The summed E-state index contributed by atoms with van der Waals surface area (Å²) in [5.41, 5.74) is 0.878. The molecule has 0 radical (unpaired) electrons. The van der Waals surface area contributed by atoms with E-state index in [1.54, 1.807) is 12.1 Å². The van der Waals surface area contributed by atoms with Crippen molar-refractivity contribution in [2.45, 2.75) is 13.5 Å². The minimum Gasteiger partial charge on any atom is -0.445 e. The molecule has 14 heavy (non-hydrogen) atoms. The van der Waals surface area contributed by atoms with Gasteiger partial charge in [0.2, 0.25) is 0 Å². The highest BCUT2D eigenvalue weighted by Crippen LogP contribution is 2.11. The van der Waals surface area contributed by atoms with Gasteiger partial charge in [0.05, 0.1) is 0 Å². The van der Waals surface area contributed by atoms with E-state index in [1.165, 1.54) is 0 Å². The lowest BCUT2D eigenvalue weighted by Crippen LogP contribution is -2.23. The van der Waals surface area contributed by atoms with Crippen molar-refractivity contribution >= 4 is 17.7 Å². The molecule has 3 nitrogen and oxygen atoms in total. The van der Waals surface area contributed by atoms with Crippen molar-refractivity contribution in [3.63, 3.8) is 0 Å². The Hall–Kier alpha value is -1.22. The smallest absolute Gasteiger partial charge is 0.407 e. The predicted octanol–water partition coefficient (Wildman–Crippen LogP) is 2.59. The van der Waals surface area contributed by atoms with Gasteiger partial charge < -0.3 is 10.1 Å². The summed E-state index contributed by atoms with van der Waals surface area (Å²) >= 11 is 5.77. The molecule has 1 rings (SSSR count). The summed E-state index contributed by atoms with van der Waals surface area (Å²) in [5.74, 6) is 0. The van der Waals surface area contributed by atoms with Crippen molar-refractivity contribution in [3.05, 3.63) is 34.9 Å². The maximum absolute atomic E-state index is 10.9. The minimum atomic E-state index is -0.410. The Kier molecular flexibility index (Phi) is 4.26. The van der Waals surface area contributed by atoms with Crippen molar-refractivity contribution in [2.24, 2.45) is 0 Å². The predicted molar refractivity (Wildman–Crippen MR) is 55.3 cm³/mol. The zero-order valence-corrected chi connectivity index (χ0v) is 8.67. The summed E-state index contributed by atoms with van der Waals surface area (Å²) in [6, 6.07) is 7.21. The second-order valence-corrected chi connectivity index (χ2v) is 3.17. The van der Waals surface area contributed by atoms with Crippen molar-refractivity contribution in [2.75, 3.05) is 6.54 Å². The van der Waals surface area contributed by atoms with Gasteiger partial charge in [0.1, 0.15) is 6.61 Å². The molecule has 0 aliphatic rings. The Morgan fingerprint density at radius 3 is 3.00 bits per heavy atom. The number of hydrogen-bond donors (Lipinski definition) is 1. The van der Waals surface area contributed by atoms with E-state index in [-0.39, 0.29) is 6.61 Å². The van der Waals surface area contributed by atoms with Crippen LogP contribution < -0.4 is 5.32 Å². The van der Waals surface area contributed by atoms with Crippen LogP contribution in [0.4, 0.5) is 4.79 Å². The molecular formula is C10H12ClNO2. The molecule has 0 saturated heterocycles. The molecule has 0 atom stereocenters. The van der Waals surface area contributed by atoms with Gasteiger partial charge in [0, 0.05) is 11.6 Å². The van der Waals surface area contributed by atoms with Crippen LogP contribution in [0.2, 0.25) is 5.02 Å². The van der Waals surface area contributed by atoms with Gasteiger partial charge >= 0.3 is 6.09 Å². The fraction of sp³-hybridized carbons (Fsp3) is 0.300. The average Bonchev–Trinajstić information content (AvgIpc) is 2.15. The van der Waals surface area contributed by atoms with Crippen LogP contribution in [0.1, 0.15) is 12.5 Å². The van der Waals surface area contributed by atoms with Gasteiger partial charge in [-0.1, -0.05) is 23.7 Å². The van der Waals surface area contributed by atoms with E-state index in [4.69, 9.17) is 16.3 Å². The number of alkyl carbamates (subject to hydrolysis) is 1. The zero-order valence-electron chi connectivity index (χ0n) is 7.92. The Morgan fingerprint density at radius 1 is 1.57 bits per heavy atom. The molecule has 1 amide bonds. The van der Waals surface area contributed by atoms with E-state index < -0.39 is 6.09 Å². The monoisotopic (exact) mass is 213 g/mol. The molecule has 0 aromatic heterocycles. The van der Waals surface area contributed by atoms with E-state index in [9.17, 15) is 4.79 Å². The molecule has 0 aliphatic heterocycles. The number of hydrogen-bond acceptors (Lipinski definition) is 2. The molecule has 0 heterocycles. The normalized spacial score (nSPS) is 9.57. The lowest BCUT2D eigenvalue weighted by molar-refractivity contribution is 0.140. The fourth-order valence-corrected chi connectivity index (χ4v) is 1.18. The molecule has 4 heteroatoms. The number of ether oxygens (including phenoxy) is 1. The third-order valence-electron chi connectivity index (χ3n) is 1.58. The maximum atomic E-state index is 10.9. The van der Waals surface area contributed by atoms with Crippen molar-refractivity contribution in [1.29, 1.82) is 0 Å². The lowest BCUT2D eigenvalue weighted by atomic mass is 10.2. The van der Waals surface area contributed by atoms with E-state index in [1.807, 2.05) is 19.1 Å². The highest BCUT2D eigenvalue weighted by Gasteiger charge is 2.00. The van der Waals surface area contributed by atoms with Crippen LogP contribution in [0.3, 0.4) is 0 Å². The van der Waals surface area contributed by atoms with Crippen LogP contribution in [0.15, 0.2) is 24.3 Å². The molecule has 0 spiro atoms. The summed E-state index contributed by atoms with van der Waals surface area (Å²) < 4.78 is 4.91. The first-order valence-electron chi connectivity index (χ1n) is 4.37. The molecule has 76 valence electrons. The largest absolute Gasteiger partial charge is 0.445 e. The van der Waals surface area contributed by atoms with E-state index >= 15 is 0 Å². The summed E-state index contributed by atoms with van der Waals surface area (Å²) in [7, 11) is 0. The molecule has 1 aromatic carbocycles. The van der Waals surface area contributed by atoms with Gasteiger partial charge in [-0.2, -0.15) is 0 Å². The summed E-state index contributed by atoms with van der Waals surface area (Å²) in [6.45, 7) is 2.64. The molecule has 0 unspecified atom stereocenters. The number of benzene rings is 1. The molecule has 0 fully saturated rings. The zero-order chi connectivity index (χ0) is 10.4. The number of rotatable bonds is 3. The first-order valence-corrected chi connectivity index (χ1v) is 4.75. The average molecular weight is 214 g/mol. The molecule has 0 bridgehead atoms. The molecule has 1 aromatic rings. The second kappa shape index (κ2) is 5.50. The summed E-state index contributed by atoms with van der Waals surface area (Å²) in [4.78, 5) is 10.9. The SMILES string of the molecule is CCNC(=O)OCc1cccc(Cl)c1. The van der Waals surface area contributed by atoms with Gasteiger partial charge in [-0.25, -0.2) is 4.79 Å². The first kappa shape index (κ1) is 10.9. The van der Waals surface area contributed by atoms with E-state index in [0.29, 0.717) is 11.6 Å². The number of amides is 1. The quantitative estimate of drug-likeness (QED) is 0.838. The number of carbonyl (C=O) groups excluding carboxylic acids is 1. The van der Waals surface area contributed by atoms with E-state index in [0.717, 1.165) is 5.56 Å². The highest BCUT2D eigenvalue weighted by molar-refractivity contribution is 6.30. The van der Waals surface area contributed by atoms with Gasteiger partial charge in [-0.3, -0.25) is 0 Å². The standard InChI is InChI=1S/C10H12ClNO2/c1-2-12-10(13)14-7-8-4-3-5-9(11)6-8/h3-6H,2,7H2,1H3,(H,12,13). The third kappa shape index (κ3) is 3.66. The fourth-order valence-electron chi connectivity index (χ4n) is 0.971. The third-order valence-corrected chi connectivity index (χ3v) is 1.82. The number of carbonyl (C=O) groups is 1. The molecule has 0 aliphatic carbocycles. The van der Waals surface area contributed by atoms with Gasteiger partial charge in [-0.05, 0) is 24.6 Å². The van der Waals surface area contributed by atoms with Crippen LogP contribution in [0, 0.1) is 0 Å². The van der Waals surface area contributed by atoms with Gasteiger partial charge in [0.25, 0.3) is 0 Å². The Bertz CT molecular complexity index is 315. The van der Waals surface area contributed by atoms with Crippen molar-refractivity contribution < 1.29 is 9.53 Å². The van der Waals surface area contributed by atoms with Crippen LogP contribution in [-0.2, 0) is 11.3 Å². The van der Waals surface area contributed by atoms with Crippen LogP contribution >= 0.6 is 11.6 Å². The summed E-state index contributed by atoms with van der Waals surface area (Å²) in [5, 5.41) is 3.18. The second-order valence-electron chi connectivity index (χ2n) is 2.74. The highest BCUT2D eigenvalue weighted by atomic mass is 35.5. The van der Waals surface area contributed by atoms with Crippen LogP contribution in [0.5, 0.6) is 0 Å². The molecular weight excluding hydrogens is 202 g/mol. The number of halogens is 1. The van der Waals surface area contributed by atoms with Gasteiger partial charge in [-0.15, -0.1) is 0 Å². The first-order chi connectivity index (χ1) is 6.72. The van der Waals surface area contributed by atoms with Crippen LogP contribution in [-0.4, -0.2) is 12.6 Å². The minimum absolute atomic E-state index is 0.242. The lowest BCUT2D eigenvalue weighted by Gasteiger charge is -2.05. The van der Waals surface area contributed by atoms with E-state index in [2.05, 4.69) is 5.32 Å². The Morgan fingerprint density at radius 2 is 2.36 bits per heavy atom. The topological polar surface area (TPSA) is 38.3 Å². The molecule has 1 N–H and O–H groups in total. The van der Waals surface area contributed by atoms with Gasteiger partial charge in [0.15, 0.2) is 0 Å². The Labute approximate surface area is 88.0 Å². The number of nitrogens with one attached hydrogen (secondary N) is 1. The maximum Gasteiger partial charge on any atom is 0.407 e. The molecule has 0 saturated carbocycles.